The molecule has 5 N–H and O–H groups in total. The Morgan fingerprint density at radius 3 is 2.59 bits per heavy atom. The quantitative estimate of drug-likeness (QED) is 0.599. The third-order valence-corrected chi connectivity index (χ3v) is 4.55. The third kappa shape index (κ3) is 4.12. The van der Waals surface area contributed by atoms with E-state index in [9.17, 15) is 18.4 Å². The van der Waals surface area contributed by atoms with Crippen LogP contribution >= 0.6 is 0 Å². The molecule has 2 heterocycles. The number of benzene rings is 1. The number of carbonyl (C=O) groups excluding carboxylic acids is 2. The van der Waals surface area contributed by atoms with Gasteiger partial charge in [0.1, 0.15) is 17.3 Å². The van der Waals surface area contributed by atoms with Crippen molar-refractivity contribution in [1.82, 2.24) is 20.5 Å². The van der Waals surface area contributed by atoms with Crippen LogP contribution in [0.3, 0.4) is 0 Å². The molecule has 2 aromatic rings. The molecule has 0 spiro atoms. The number of carbonyl (C=O) groups is 2. The van der Waals surface area contributed by atoms with Gasteiger partial charge in [0.2, 0.25) is 0 Å². The maximum atomic E-state index is 14.0. The van der Waals surface area contributed by atoms with Gasteiger partial charge in [0, 0.05) is 24.7 Å². The Morgan fingerprint density at radius 2 is 1.89 bits per heavy atom. The van der Waals surface area contributed by atoms with Crippen LogP contribution in [0.4, 0.5) is 14.5 Å². The second-order valence-electron chi connectivity index (χ2n) is 6.43. The summed E-state index contributed by atoms with van der Waals surface area (Å²) in [6.45, 7) is 2.63. The van der Waals surface area contributed by atoms with Gasteiger partial charge in [-0.3, -0.25) is 20.5 Å². The van der Waals surface area contributed by atoms with Crippen molar-refractivity contribution in [1.29, 1.82) is 0 Å². The zero-order valence-electron chi connectivity index (χ0n) is 14.7. The molecule has 144 valence electrons. The summed E-state index contributed by atoms with van der Waals surface area (Å²) >= 11 is 0. The van der Waals surface area contributed by atoms with Crippen LogP contribution in [0.15, 0.2) is 18.3 Å². The van der Waals surface area contributed by atoms with E-state index in [-0.39, 0.29) is 23.0 Å². The minimum absolute atomic E-state index is 0.0352. The van der Waals surface area contributed by atoms with Crippen molar-refractivity contribution in [3.63, 3.8) is 0 Å². The van der Waals surface area contributed by atoms with E-state index in [1.807, 2.05) is 0 Å². The number of H-pyrrole nitrogens is 1. The SMILES string of the molecule is Cc1c(F)ccc(F)c1C(=O)Nc1cn[nH]c1C(=O)NC1CCN(N)CC1. The number of rotatable bonds is 4. The van der Waals surface area contributed by atoms with Crippen molar-refractivity contribution in [2.75, 3.05) is 18.4 Å². The summed E-state index contributed by atoms with van der Waals surface area (Å²) in [5.41, 5.74) is -0.418. The average Bonchev–Trinajstić information content (AvgIpc) is 3.09. The summed E-state index contributed by atoms with van der Waals surface area (Å²) < 4.78 is 27.6. The van der Waals surface area contributed by atoms with E-state index in [1.165, 1.54) is 13.1 Å². The van der Waals surface area contributed by atoms with E-state index in [0.29, 0.717) is 25.9 Å². The van der Waals surface area contributed by atoms with E-state index in [2.05, 4.69) is 20.8 Å². The second-order valence-corrected chi connectivity index (χ2v) is 6.43. The molecule has 0 saturated carbocycles. The molecule has 1 aromatic carbocycles. The Bertz CT molecular complexity index is 861. The summed E-state index contributed by atoms with van der Waals surface area (Å²) in [4.78, 5) is 24.9. The van der Waals surface area contributed by atoms with Crippen molar-refractivity contribution in [2.45, 2.75) is 25.8 Å². The first-order chi connectivity index (χ1) is 12.9. The van der Waals surface area contributed by atoms with Crippen LogP contribution in [0, 0.1) is 18.6 Å². The van der Waals surface area contributed by atoms with E-state index in [0.717, 1.165) is 12.1 Å². The first-order valence-electron chi connectivity index (χ1n) is 8.46. The lowest BCUT2D eigenvalue weighted by atomic mass is 10.1. The second kappa shape index (κ2) is 7.80. The van der Waals surface area contributed by atoms with Crippen LogP contribution in [0.2, 0.25) is 0 Å². The largest absolute Gasteiger partial charge is 0.348 e. The number of nitrogens with one attached hydrogen (secondary N) is 3. The first kappa shape index (κ1) is 18.9. The van der Waals surface area contributed by atoms with Crippen molar-refractivity contribution < 1.29 is 18.4 Å². The molecule has 8 nitrogen and oxygen atoms in total. The zero-order chi connectivity index (χ0) is 19.6. The fraction of sp³-hybridized carbons (Fsp3) is 0.353. The maximum absolute atomic E-state index is 14.0. The highest BCUT2D eigenvalue weighted by Crippen LogP contribution is 2.20. The van der Waals surface area contributed by atoms with Gasteiger partial charge in [0.15, 0.2) is 0 Å². The standard InChI is InChI=1S/C17H20F2N6O2/c1-9-11(18)2-3-12(19)14(9)16(26)23-13-8-21-24-15(13)17(27)22-10-4-6-25(20)7-5-10/h2-3,8,10H,4-7,20H2,1H3,(H,21,24)(H,22,27)(H,23,26). The first-order valence-corrected chi connectivity index (χ1v) is 8.46. The van der Waals surface area contributed by atoms with Crippen molar-refractivity contribution >= 4 is 17.5 Å². The maximum Gasteiger partial charge on any atom is 0.271 e. The van der Waals surface area contributed by atoms with Gasteiger partial charge >= 0.3 is 0 Å². The van der Waals surface area contributed by atoms with Crippen LogP contribution in [-0.4, -0.2) is 46.2 Å². The lowest BCUT2D eigenvalue weighted by Crippen LogP contribution is -2.47. The number of hydrogen-bond acceptors (Lipinski definition) is 5. The highest BCUT2D eigenvalue weighted by molar-refractivity contribution is 6.09. The van der Waals surface area contributed by atoms with Gasteiger partial charge in [-0.15, -0.1) is 0 Å². The normalized spacial score (nSPS) is 15.6. The molecule has 0 atom stereocenters. The molecular formula is C17H20F2N6O2. The monoisotopic (exact) mass is 378 g/mol. The third-order valence-electron chi connectivity index (χ3n) is 4.55. The predicted octanol–water partition coefficient (Wildman–Crippen LogP) is 1.32. The van der Waals surface area contributed by atoms with Gasteiger partial charge in [0.25, 0.3) is 11.8 Å². The number of anilines is 1. The molecule has 0 radical (unpaired) electrons. The van der Waals surface area contributed by atoms with Crippen molar-refractivity contribution in [3.05, 3.63) is 46.8 Å². The highest BCUT2D eigenvalue weighted by atomic mass is 19.1. The number of hydrogen-bond donors (Lipinski definition) is 4. The topological polar surface area (TPSA) is 116 Å². The Kier molecular flexibility index (Phi) is 5.47. The average molecular weight is 378 g/mol. The number of hydrazine groups is 1. The number of nitrogens with two attached hydrogens (primary N) is 1. The molecule has 0 unspecified atom stereocenters. The summed E-state index contributed by atoms with van der Waals surface area (Å²) in [6.07, 6.45) is 2.64. The molecule has 1 fully saturated rings. The number of aromatic nitrogens is 2. The fourth-order valence-corrected chi connectivity index (χ4v) is 2.97. The molecule has 1 aliphatic rings. The summed E-state index contributed by atoms with van der Waals surface area (Å²) in [5.74, 6) is 2.83. The molecule has 0 bridgehead atoms. The molecule has 0 aliphatic carbocycles. The van der Waals surface area contributed by atoms with E-state index >= 15 is 0 Å². The Labute approximate surface area is 154 Å². The number of piperidine rings is 1. The van der Waals surface area contributed by atoms with Crippen LogP contribution in [0.1, 0.15) is 39.3 Å². The molecule has 1 aromatic heterocycles. The zero-order valence-corrected chi connectivity index (χ0v) is 14.7. The van der Waals surface area contributed by atoms with E-state index < -0.39 is 29.0 Å². The van der Waals surface area contributed by atoms with Gasteiger partial charge in [-0.25, -0.2) is 13.8 Å². The number of halogens is 2. The molecule has 10 heteroatoms. The van der Waals surface area contributed by atoms with Gasteiger partial charge in [-0.2, -0.15) is 5.10 Å². The molecule has 2 amide bonds. The number of aromatic amines is 1. The van der Waals surface area contributed by atoms with Crippen molar-refractivity contribution in [3.8, 4) is 0 Å². The molecule has 3 rings (SSSR count). The Hall–Kier alpha value is -2.85. The lowest BCUT2D eigenvalue weighted by Gasteiger charge is -2.28. The van der Waals surface area contributed by atoms with Gasteiger partial charge in [-0.05, 0) is 31.9 Å². The Morgan fingerprint density at radius 1 is 1.22 bits per heavy atom. The van der Waals surface area contributed by atoms with Crippen LogP contribution in [0.5, 0.6) is 0 Å². The van der Waals surface area contributed by atoms with Crippen LogP contribution in [-0.2, 0) is 0 Å². The summed E-state index contributed by atoms with van der Waals surface area (Å²) in [6, 6.07) is 1.78. The van der Waals surface area contributed by atoms with Crippen LogP contribution in [0.25, 0.3) is 0 Å². The highest BCUT2D eigenvalue weighted by Gasteiger charge is 2.24. The molecular weight excluding hydrogens is 358 g/mol. The van der Waals surface area contributed by atoms with E-state index in [1.54, 1.807) is 5.01 Å². The van der Waals surface area contributed by atoms with Gasteiger partial charge in [0.05, 0.1) is 17.4 Å². The molecule has 1 saturated heterocycles. The summed E-state index contributed by atoms with van der Waals surface area (Å²) in [5, 5.41) is 13.2. The fourth-order valence-electron chi connectivity index (χ4n) is 2.97. The Balaban J connectivity index is 1.73. The van der Waals surface area contributed by atoms with Crippen molar-refractivity contribution in [2.24, 2.45) is 5.84 Å². The smallest absolute Gasteiger partial charge is 0.271 e. The number of amides is 2. The van der Waals surface area contributed by atoms with Crippen LogP contribution < -0.4 is 16.5 Å². The minimum atomic E-state index is -0.864. The van der Waals surface area contributed by atoms with E-state index in [4.69, 9.17) is 5.84 Å². The molecule has 1 aliphatic heterocycles. The van der Waals surface area contributed by atoms with Gasteiger partial charge < -0.3 is 10.6 Å². The number of nitrogens with zero attached hydrogens (tertiary/aromatic N) is 2. The molecule has 27 heavy (non-hydrogen) atoms. The van der Waals surface area contributed by atoms with Gasteiger partial charge in [-0.1, -0.05) is 0 Å². The lowest BCUT2D eigenvalue weighted by molar-refractivity contribution is 0.0907. The summed E-state index contributed by atoms with van der Waals surface area (Å²) in [7, 11) is 0. The minimum Gasteiger partial charge on any atom is -0.348 e. The predicted molar refractivity (Wildman–Crippen MR) is 93.9 cm³/mol.